The maximum absolute atomic E-state index is 13.3. The number of phenols is 1. The Kier molecular flexibility index (Phi) is 4.59. The molecule has 1 aliphatic carbocycles. The number of anilines is 1. The number of carbonyl (C=O) groups is 1. The van der Waals surface area contributed by atoms with E-state index in [0.29, 0.717) is 23.3 Å². The first-order valence-corrected chi connectivity index (χ1v) is 10.6. The lowest BCUT2D eigenvalue weighted by molar-refractivity contribution is 0.0974. The molecule has 1 unspecified atom stereocenters. The Morgan fingerprint density at radius 1 is 1.12 bits per heavy atom. The van der Waals surface area contributed by atoms with E-state index < -0.39 is 5.92 Å². The summed E-state index contributed by atoms with van der Waals surface area (Å²) in [5.41, 5.74) is 13.3. The van der Waals surface area contributed by atoms with Crippen molar-refractivity contribution in [3.05, 3.63) is 87.9 Å². The van der Waals surface area contributed by atoms with Crippen molar-refractivity contribution >= 4 is 28.7 Å². The van der Waals surface area contributed by atoms with Gasteiger partial charge in [0, 0.05) is 5.69 Å². The van der Waals surface area contributed by atoms with Gasteiger partial charge in [0.2, 0.25) is 0 Å². The average Bonchev–Trinajstić information content (AvgIpc) is 3.31. The van der Waals surface area contributed by atoms with Crippen molar-refractivity contribution in [3.8, 4) is 5.75 Å². The Balaban J connectivity index is 1.55. The van der Waals surface area contributed by atoms with Gasteiger partial charge in [0.05, 0.1) is 23.7 Å². The lowest BCUT2D eigenvalue weighted by Gasteiger charge is -2.15. The van der Waals surface area contributed by atoms with Crippen LogP contribution >= 0.6 is 0 Å². The van der Waals surface area contributed by atoms with Gasteiger partial charge in [0.25, 0.3) is 0 Å². The van der Waals surface area contributed by atoms with E-state index in [-0.39, 0.29) is 11.5 Å². The fourth-order valence-electron chi connectivity index (χ4n) is 4.61. The van der Waals surface area contributed by atoms with Crippen LogP contribution in [-0.2, 0) is 6.54 Å². The number of pyridine rings is 1. The SMILES string of the molecule is Cc1cc(N)c2nc(C)n(Cc3cccc4c3C=CC4C(=O)c3c(C)cccc3O)c2n1. The number of phenolic OH excluding ortho intramolecular Hbond substituents is 1. The number of benzene rings is 2. The number of aromatic hydroxyl groups is 1. The first-order valence-electron chi connectivity index (χ1n) is 10.6. The number of imidazole rings is 1. The van der Waals surface area contributed by atoms with Gasteiger partial charge in [-0.25, -0.2) is 9.97 Å². The molecule has 0 radical (unpaired) electrons. The van der Waals surface area contributed by atoms with Crippen molar-refractivity contribution in [3.63, 3.8) is 0 Å². The number of carbonyl (C=O) groups excluding carboxylic acids is 1. The summed E-state index contributed by atoms with van der Waals surface area (Å²) >= 11 is 0. The lowest BCUT2D eigenvalue weighted by atomic mass is 9.89. The largest absolute Gasteiger partial charge is 0.507 e. The first-order chi connectivity index (χ1) is 15.3. The van der Waals surface area contributed by atoms with Crippen LogP contribution in [0, 0.1) is 20.8 Å². The molecule has 0 aliphatic heterocycles. The molecular formula is C26H24N4O2. The van der Waals surface area contributed by atoms with Gasteiger partial charge in [0.15, 0.2) is 11.4 Å². The van der Waals surface area contributed by atoms with Crippen molar-refractivity contribution in [2.24, 2.45) is 0 Å². The number of aromatic nitrogens is 3. The number of Topliss-reactive ketones (excluding diaryl/α,β-unsaturated/α-hetero) is 1. The number of nitrogens with zero attached hydrogens (tertiary/aromatic N) is 3. The number of fused-ring (bicyclic) bond motifs is 2. The lowest BCUT2D eigenvalue weighted by Crippen LogP contribution is -2.12. The third kappa shape index (κ3) is 3.07. The number of hydrogen-bond donors (Lipinski definition) is 2. The van der Waals surface area contributed by atoms with Gasteiger partial charge >= 0.3 is 0 Å². The molecule has 5 rings (SSSR count). The molecule has 6 heteroatoms. The number of rotatable bonds is 4. The van der Waals surface area contributed by atoms with Gasteiger partial charge in [-0.15, -0.1) is 0 Å². The van der Waals surface area contributed by atoms with Crippen molar-refractivity contribution < 1.29 is 9.90 Å². The highest BCUT2D eigenvalue weighted by atomic mass is 16.3. The molecule has 3 N–H and O–H groups in total. The molecule has 1 aliphatic rings. The van der Waals surface area contributed by atoms with Gasteiger partial charge in [-0.3, -0.25) is 4.79 Å². The number of allylic oxidation sites excluding steroid dienone is 1. The van der Waals surface area contributed by atoms with Gasteiger partial charge in [0.1, 0.15) is 17.1 Å². The number of aryl methyl sites for hydroxylation is 3. The summed E-state index contributed by atoms with van der Waals surface area (Å²) in [4.78, 5) is 22.6. The molecule has 32 heavy (non-hydrogen) atoms. The Hall–Kier alpha value is -3.93. The van der Waals surface area contributed by atoms with E-state index in [0.717, 1.165) is 39.4 Å². The van der Waals surface area contributed by atoms with Crippen molar-refractivity contribution in [2.75, 3.05) is 5.73 Å². The maximum atomic E-state index is 13.3. The summed E-state index contributed by atoms with van der Waals surface area (Å²) in [6, 6.07) is 13.0. The summed E-state index contributed by atoms with van der Waals surface area (Å²) in [6.07, 6.45) is 3.92. The van der Waals surface area contributed by atoms with Gasteiger partial charge < -0.3 is 15.4 Å². The quantitative estimate of drug-likeness (QED) is 0.464. The van der Waals surface area contributed by atoms with Gasteiger partial charge in [-0.1, -0.05) is 42.5 Å². The second-order valence-corrected chi connectivity index (χ2v) is 8.36. The van der Waals surface area contributed by atoms with Crippen LogP contribution in [0.15, 0.2) is 48.5 Å². The van der Waals surface area contributed by atoms with Crippen LogP contribution in [0.4, 0.5) is 5.69 Å². The fraction of sp³-hybridized carbons (Fsp3) is 0.192. The maximum Gasteiger partial charge on any atom is 0.178 e. The predicted octanol–water partition coefficient (Wildman–Crippen LogP) is 4.69. The van der Waals surface area contributed by atoms with E-state index in [9.17, 15) is 9.90 Å². The summed E-state index contributed by atoms with van der Waals surface area (Å²) in [6.45, 7) is 6.28. The van der Waals surface area contributed by atoms with Crippen LogP contribution in [0.1, 0.15) is 50.0 Å². The number of nitrogens with two attached hydrogens (primary N) is 1. The Morgan fingerprint density at radius 2 is 1.91 bits per heavy atom. The summed E-state index contributed by atoms with van der Waals surface area (Å²) in [5, 5.41) is 10.3. The molecule has 0 bridgehead atoms. The number of ketones is 1. The third-order valence-corrected chi connectivity index (χ3v) is 6.18. The molecule has 0 saturated heterocycles. The molecule has 1 atom stereocenters. The van der Waals surface area contributed by atoms with E-state index in [1.54, 1.807) is 12.1 Å². The Labute approximate surface area is 186 Å². The molecule has 0 amide bonds. The first kappa shape index (κ1) is 20.0. The minimum atomic E-state index is -0.423. The second-order valence-electron chi connectivity index (χ2n) is 8.36. The molecule has 160 valence electrons. The topological polar surface area (TPSA) is 94.0 Å². The molecule has 0 fully saturated rings. The zero-order valence-electron chi connectivity index (χ0n) is 18.3. The van der Waals surface area contributed by atoms with Crippen LogP contribution in [0.2, 0.25) is 0 Å². The van der Waals surface area contributed by atoms with Crippen LogP contribution < -0.4 is 5.73 Å². The standard InChI is InChI=1S/C26H24N4O2/c1-14-6-4-9-22(31)23(14)25(32)20-11-10-18-17(7-5-8-19(18)20)13-30-16(3)29-24-21(27)12-15(2)28-26(24)30/h4-12,20,31H,13H2,1-3H3,(H2,27,28). The molecule has 2 aromatic carbocycles. The summed E-state index contributed by atoms with van der Waals surface area (Å²) in [7, 11) is 0. The summed E-state index contributed by atoms with van der Waals surface area (Å²) < 4.78 is 2.06. The monoisotopic (exact) mass is 424 g/mol. The van der Waals surface area contributed by atoms with Gasteiger partial charge in [-0.05, 0) is 55.2 Å². The molecule has 0 spiro atoms. The third-order valence-electron chi connectivity index (χ3n) is 6.18. The Bertz CT molecular complexity index is 1410. The van der Waals surface area contributed by atoms with Crippen LogP contribution in [0.25, 0.3) is 17.2 Å². The summed E-state index contributed by atoms with van der Waals surface area (Å²) in [5.74, 6) is 0.338. The fourth-order valence-corrected chi connectivity index (χ4v) is 4.61. The molecule has 4 aromatic rings. The molecule has 6 nitrogen and oxygen atoms in total. The minimum absolute atomic E-state index is 0.0209. The van der Waals surface area contributed by atoms with Crippen molar-refractivity contribution in [1.82, 2.24) is 14.5 Å². The minimum Gasteiger partial charge on any atom is -0.507 e. The zero-order valence-corrected chi connectivity index (χ0v) is 18.3. The Morgan fingerprint density at radius 3 is 2.69 bits per heavy atom. The normalized spacial score (nSPS) is 14.8. The van der Waals surface area contributed by atoms with Crippen LogP contribution in [0.5, 0.6) is 5.75 Å². The predicted molar refractivity (Wildman–Crippen MR) is 126 cm³/mol. The number of hydrogen-bond acceptors (Lipinski definition) is 5. The smallest absolute Gasteiger partial charge is 0.178 e. The van der Waals surface area contributed by atoms with E-state index in [2.05, 4.69) is 20.6 Å². The van der Waals surface area contributed by atoms with E-state index in [4.69, 9.17) is 5.73 Å². The molecule has 2 aromatic heterocycles. The van der Waals surface area contributed by atoms with E-state index in [1.807, 2.05) is 57.2 Å². The number of nitrogen functional groups attached to an aromatic ring is 1. The van der Waals surface area contributed by atoms with E-state index in [1.165, 1.54) is 0 Å². The highest BCUT2D eigenvalue weighted by Crippen LogP contribution is 2.37. The zero-order chi connectivity index (χ0) is 22.6. The van der Waals surface area contributed by atoms with Gasteiger partial charge in [-0.2, -0.15) is 0 Å². The molecule has 2 heterocycles. The van der Waals surface area contributed by atoms with Crippen LogP contribution in [0.3, 0.4) is 0 Å². The molecule has 0 saturated carbocycles. The second kappa shape index (κ2) is 7.34. The highest BCUT2D eigenvalue weighted by molar-refractivity contribution is 6.07. The molecular weight excluding hydrogens is 400 g/mol. The van der Waals surface area contributed by atoms with E-state index >= 15 is 0 Å². The van der Waals surface area contributed by atoms with Crippen LogP contribution in [-0.4, -0.2) is 25.4 Å². The van der Waals surface area contributed by atoms with Crippen molar-refractivity contribution in [1.29, 1.82) is 0 Å². The van der Waals surface area contributed by atoms with Crippen molar-refractivity contribution in [2.45, 2.75) is 33.2 Å². The average molecular weight is 425 g/mol. The highest BCUT2D eigenvalue weighted by Gasteiger charge is 2.29.